The number of hydrogen-bond acceptors (Lipinski definition) is 3. The first-order valence-corrected chi connectivity index (χ1v) is 6.44. The lowest BCUT2D eigenvalue weighted by Crippen LogP contribution is -2.64. The Labute approximate surface area is 120 Å². The summed E-state index contributed by atoms with van der Waals surface area (Å²) in [6.07, 6.45) is 1.21. The van der Waals surface area contributed by atoms with E-state index in [4.69, 9.17) is 0 Å². The fraction of sp³-hybridized carbons (Fsp3) is 0.133. The molecule has 0 unspecified atom stereocenters. The maximum atomic E-state index is 13.0. The summed E-state index contributed by atoms with van der Waals surface area (Å²) in [6.45, 7) is 0.405. The second-order valence-corrected chi connectivity index (χ2v) is 4.68. The van der Waals surface area contributed by atoms with E-state index in [0.29, 0.717) is 6.54 Å². The van der Waals surface area contributed by atoms with Gasteiger partial charge in [-0.15, -0.1) is 0 Å². The van der Waals surface area contributed by atoms with Crippen LogP contribution >= 0.6 is 0 Å². The van der Waals surface area contributed by atoms with Crippen LogP contribution in [0.4, 0.5) is 10.1 Å². The molecule has 1 aliphatic heterocycles. The molecule has 1 N–H and O–H groups in total. The lowest BCUT2D eigenvalue weighted by molar-refractivity contribution is -0.124. The van der Waals surface area contributed by atoms with Gasteiger partial charge in [-0.05, 0) is 18.2 Å². The van der Waals surface area contributed by atoms with E-state index in [1.54, 1.807) is 4.90 Å². The van der Waals surface area contributed by atoms with E-state index >= 15 is 0 Å². The van der Waals surface area contributed by atoms with Gasteiger partial charge in [-0.1, -0.05) is 18.2 Å². The van der Waals surface area contributed by atoms with Crippen LogP contribution in [0, 0.1) is 5.95 Å². The Balaban J connectivity index is 1.63. The van der Waals surface area contributed by atoms with E-state index in [-0.39, 0.29) is 11.5 Å². The first-order chi connectivity index (χ1) is 10.1. The molecule has 1 saturated heterocycles. The predicted octanol–water partition coefficient (Wildman–Crippen LogP) is 1.37. The lowest BCUT2D eigenvalue weighted by Gasteiger charge is -2.38. The number of amides is 2. The zero-order valence-electron chi connectivity index (χ0n) is 11.0. The van der Waals surface area contributed by atoms with E-state index in [9.17, 15) is 14.0 Å². The van der Waals surface area contributed by atoms with Gasteiger partial charge in [0.2, 0.25) is 5.95 Å². The van der Waals surface area contributed by atoms with Crippen molar-refractivity contribution in [2.75, 3.05) is 11.4 Å². The molecule has 2 heterocycles. The molecule has 1 aromatic carbocycles. The topological polar surface area (TPSA) is 62.3 Å². The number of pyridine rings is 1. The number of nitrogens with zero attached hydrogens (tertiary/aromatic N) is 2. The first-order valence-electron chi connectivity index (χ1n) is 6.44. The number of halogens is 1. The molecule has 0 saturated carbocycles. The maximum Gasteiger partial charge on any atom is 0.252 e. The molecule has 5 nitrogen and oxygen atoms in total. The molecule has 0 aliphatic carbocycles. The van der Waals surface area contributed by atoms with Crippen LogP contribution in [-0.4, -0.2) is 29.4 Å². The molecule has 0 radical (unpaired) electrons. The molecular weight excluding hydrogens is 273 g/mol. The van der Waals surface area contributed by atoms with Crippen molar-refractivity contribution in [2.24, 2.45) is 0 Å². The third-order valence-corrected chi connectivity index (χ3v) is 3.29. The van der Waals surface area contributed by atoms with Gasteiger partial charge in [0.1, 0.15) is 6.04 Å². The summed E-state index contributed by atoms with van der Waals surface area (Å²) in [6, 6.07) is 11.1. The minimum absolute atomic E-state index is 0.147. The molecule has 106 valence electrons. The van der Waals surface area contributed by atoms with Crippen molar-refractivity contribution in [1.29, 1.82) is 0 Å². The standard InChI is InChI=1S/C15H12FN3O2/c16-13-8-10(6-7-17-13)14(20)18-12-9-19(15(12)21)11-4-2-1-3-5-11/h1-8,12H,9H2,(H,18,20)/t12-/m1/s1. The summed E-state index contributed by atoms with van der Waals surface area (Å²) in [5.41, 5.74) is 0.941. The van der Waals surface area contributed by atoms with E-state index in [2.05, 4.69) is 10.3 Å². The minimum atomic E-state index is -0.728. The van der Waals surface area contributed by atoms with Crippen LogP contribution in [0.15, 0.2) is 48.7 Å². The van der Waals surface area contributed by atoms with Crippen molar-refractivity contribution in [3.63, 3.8) is 0 Å². The predicted molar refractivity (Wildman–Crippen MR) is 74.2 cm³/mol. The smallest absolute Gasteiger partial charge is 0.252 e. The van der Waals surface area contributed by atoms with Crippen molar-refractivity contribution < 1.29 is 14.0 Å². The molecule has 0 spiro atoms. The zero-order chi connectivity index (χ0) is 14.8. The van der Waals surface area contributed by atoms with Crippen LogP contribution < -0.4 is 10.2 Å². The fourth-order valence-electron chi connectivity index (χ4n) is 2.16. The molecular formula is C15H12FN3O2. The van der Waals surface area contributed by atoms with Gasteiger partial charge in [-0.3, -0.25) is 9.59 Å². The Bertz CT molecular complexity index is 690. The van der Waals surface area contributed by atoms with Crippen molar-refractivity contribution in [1.82, 2.24) is 10.3 Å². The molecule has 6 heteroatoms. The number of nitrogens with one attached hydrogen (secondary N) is 1. The Morgan fingerprint density at radius 2 is 2.05 bits per heavy atom. The zero-order valence-corrected chi connectivity index (χ0v) is 11.0. The highest BCUT2D eigenvalue weighted by Gasteiger charge is 2.38. The van der Waals surface area contributed by atoms with Gasteiger partial charge < -0.3 is 10.2 Å². The van der Waals surface area contributed by atoms with Crippen LogP contribution in [0.3, 0.4) is 0 Å². The summed E-state index contributed by atoms with van der Waals surface area (Å²) in [4.78, 5) is 28.9. The van der Waals surface area contributed by atoms with Crippen molar-refractivity contribution in [3.05, 3.63) is 60.2 Å². The van der Waals surface area contributed by atoms with E-state index in [1.165, 1.54) is 12.3 Å². The summed E-state index contributed by atoms with van der Waals surface area (Å²) in [5.74, 6) is -1.39. The summed E-state index contributed by atoms with van der Waals surface area (Å²) < 4.78 is 13.0. The van der Waals surface area contributed by atoms with Gasteiger partial charge in [-0.25, -0.2) is 4.98 Å². The van der Waals surface area contributed by atoms with Gasteiger partial charge >= 0.3 is 0 Å². The molecule has 1 atom stereocenters. The molecule has 3 rings (SSSR count). The Hall–Kier alpha value is -2.76. The van der Waals surface area contributed by atoms with Gasteiger partial charge in [0.25, 0.3) is 11.8 Å². The number of carbonyl (C=O) groups is 2. The molecule has 1 fully saturated rings. The minimum Gasteiger partial charge on any atom is -0.339 e. The maximum absolute atomic E-state index is 13.0. The van der Waals surface area contributed by atoms with Crippen molar-refractivity contribution in [3.8, 4) is 0 Å². The van der Waals surface area contributed by atoms with Crippen LogP contribution in [0.2, 0.25) is 0 Å². The van der Waals surface area contributed by atoms with Crippen LogP contribution in [0.25, 0.3) is 0 Å². The number of rotatable bonds is 3. The Morgan fingerprint density at radius 1 is 1.29 bits per heavy atom. The average molecular weight is 285 g/mol. The molecule has 21 heavy (non-hydrogen) atoms. The first kappa shape index (κ1) is 13.2. The third kappa shape index (κ3) is 2.60. The quantitative estimate of drug-likeness (QED) is 0.684. The number of hydrogen-bond donors (Lipinski definition) is 1. The molecule has 2 aromatic rings. The number of benzene rings is 1. The number of para-hydroxylation sites is 1. The number of β-lactam (4-membered cyclic amide) rings is 1. The number of carbonyl (C=O) groups excluding carboxylic acids is 2. The highest BCUT2D eigenvalue weighted by atomic mass is 19.1. The normalized spacial score (nSPS) is 17.3. The van der Waals surface area contributed by atoms with E-state index < -0.39 is 17.9 Å². The largest absolute Gasteiger partial charge is 0.339 e. The fourth-order valence-corrected chi connectivity index (χ4v) is 2.16. The lowest BCUT2D eigenvalue weighted by atomic mass is 10.1. The van der Waals surface area contributed by atoms with Crippen molar-refractivity contribution in [2.45, 2.75) is 6.04 Å². The molecule has 0 bridgehead atoms. The van der Waals surface area contributed by atoms with Gasteiger partial charge in [0.15, 0.2) is 0 Å². The van der Waals surface area contributed by atoms with Crippen molar-refractivity contribution >= 4 is 17.5 Å². The SMILES string of the molecule is O=C(N[C@@H]1CN(c2ccccc2)C1=O)c1ccnc(F)c1. The van der Waals surface area contributed by atoms with Crippen LogP contribution in [0.1, 0.15) is 10.4 Å². The number of anilines is 1. The summed E-state index contributed by atoms with van der Waals surface area (Å²) in [5, 5.41) is 2.58. The molecule has 1 aliphatic rings. The molecule has 2 amide bonds. The second kappa shape index (κ2) is 5.32. The summed E-state index contributed by atoms with van der Waals surface area (Å²) in [7, 11) is 0. The van der Waals surface area contributed by atoms with E-state index in [1.807, 2.05) is 30.3 Å². The van der Waals surface area contributed by atoms with Crippen LogP contribution in [0.5, 0.6) is 0 Å². The van der Waals surface area contributed by atoms with Gasteiger partial charge in [-0.2, -0.15) is 4.39 Å². The monoisotopic (exact) mass is 285 g/mol. The highest BCUT2D eigenvalue weighted by molar-refractivity contribution is 6.07. The van der Waals surface area contributed by atoms with E-state index in [0.717, 1.165) is 11.8 Å². The Morgan fingerprint density at radius 3 is 2.71 bits per heavy atom. The second-order valence-electron chi connectivity index (χ2n) is 4.68. The highest BCUT2D eigenvalue weighted by Crippen LogP contribution is 2.21. The average Bonchev–Trinajstić information content (AvgIpc) is 2.51. The Kier molecular flexibility index (Phi) is 3.35. The number of aromatic nitrogens is 1. The van der Waals surface area contributed by atoms with Crippen LogP contribution in [-0.2, 0) is 4.79 Å². The third-order valence-electron chi connectivity index (χ3n) is 3.29. The molecule has 1 aromatic heterocycles. The van der Waals surface area contributed by atoms with Gasteiger partial charge in [0.05, 0.1) is 6.54 Å². The summed E-state index contributed by atoms with van der Waals surface area (Å²) >= 11 is 0. The van der Waals surface area contributed by atoms with Gasteiger partial charge in [0, 0.05) is 23.5 Å².